The molecule has 4 nitrogen and oxygen atoms in total. The molecule has 98 valence electrons. The van der Waals surface area contributed by atoms with Gasteiger partial charge < -0.3 is 14.7 Å². The van der Waals surface area contributed by atoms with E-state index in [0.29, 0.717) is 0 Å². The van der Waals surface area contributed by atoms with Gasteiger partial charge in [0.1, 0.15) is 11.3 Å². The number of methoxy groups -OCH3 is 1. The molecule has 1 aliphatic rings. The maximum atomic E-state index is 11.6. The third-order valence-corrected chi connectivity index (χ3v) is 3.96. The highest BCUT2D eigenvalue weighted by Gasteiger charge is 2.50. The fraction of sp³-hybridized carbons (Fsp3) is 0.500. The highest BCUT2D eigenvalue weighted by atomic mass is 16.5. The number of rotatable bonds is 5. The summed E-state index contributed by atoms with van der Waals surface area (Å²) < 4.78 is 5.11. The standard InChI is InChI=1S/C14H19NO3/c1-14(13(16)17,10-4-5-10)15(2)11-6-8-12(18-3)9-7-11/h6-10H,4-5H2,1-3H3,(H,16,17). The number of nitrogens with zero attached hydrogens (tertiary/aromatic N) is 1. The van der Waals surface area contributed by atoms with Crippen LogP contribution in [0.5, 0.6) is 5.75 Å². The number of carboxylic acid groups (broad SMARTS) is 1. The third kappa shape index (κ3) is 2.03. The Bertz CT molecular complexity index is 439. The first-order chi connectivity index (χ1) is 8.50. The van der Waals surface area contributed by atoms with E-state index in [2.05, 4.69) is 0 Å². The van der Waals surface area contributed by atoms with Crippen LogP contribution in [0.3, 0.4) is 0 Å². The van der Waals surface area contributed by atoms with Crippen molar-refractivity contribution >= 4 is 11.7 Å². The van der Waals surface area contributed by atoms with Crippen LogP contribution in [0.2, 0.25) is 0 Å². The normalized spacial score (nSPS) is 17.9. The monoisotopic (exact) mass is 249 g/mol. The average Bonchev–Trinajstić information content (AvgIpc) is 3.21. The molecule has 2 rings (SSSR count). The quantitative estimate of drug-likeness (QED) is 0.870. The van der Waals surface area contributed by atoms with E-state index in [4.69, 9.17) is 4.74 Å². The lowest BCUT2D eigenvalue weighted by Crippen LogP contribution is -2.52. The lowest BCUT2D eigenvalue weighted by Gasteiger charge is -2.37. The second kappa shape index (κ2) is 4.52. The Morgan fingerprint density at radius 3 is 2.33 bits per heavy atom. The van der Waals surface area contributed by atoms with Crippen LogP contribution in [0.4, 0.5) is 5.69 Å². The van der Waals surface area contributed by atoms with E-state index >= 15 is 0 Å². The van der Waals surface area contributed by atoms with Gasteiger partial charge in [-0.2, -0.15) is 0 Å². The van der Waals surface area contributed by atoms with Crippen LogP contribution in [0.15, 0.2) is 24.3 Å². The molecule has 1 saturated carbocycles. The predicted octanol–water partition coefficient (Wildman–Crippen LogP) is 2.38. The molecule has 0 amide bonds. The molecule has 0 aromatic heterocycles. The van der Waals surface area contributed by atoms with Gasteiger partial charge in [0.05, 0.1) is 7.11 Å². The molecule has 0 aliphatic heterocycles. The lowest BCUT2D eigenvalue weighted by atomic mass is 9.93. The van der Waals surface area contributed by atoms with Gasteiger partial charge in [-0.15, -0.1) is 0 Å². The molecule has 1 fully saturated rings. The van der Waals surface area contributed by atoms with Gasteiger partial charge in [-0.1, -0.05) is 0 Å². The van der Waals surface area contributed by atoms with Gasteiger partial charge in [-0.3, -0.25) is 0 Å². The van der Waals surface area contributed by atoms with Crippen molar-refractivity contribution in [3.63, 3.8) is 0 Å². The topological polar surface area (TPSA) is 49.8 Å². The molecule has 1 unspecified atom stereocenters. The molecule has 4 heteroatoms. The van der Waals surface area contributed by atoms with E-state index in [1.165, 1.54) is 0 Å². The Morgan fingerprint density at radius 1 is 1.39 bits per heavy atom. The molecule has 1 aliphatic carbocycles. The minimum Gasteiger partial charge on any atom is -0.497 e. The highest BCUT2D eigenvalue weighted by molar-refractivity contribution is 5.84. The summed E-state index contributed by atoms with van der Waals surface area (Å²) in [6.07, 6.45) is 1.98. The molecule has 0 spiro atoms. The van der Waals surface area contributed by atoms with Crippen LogP contribution in [0.25, 0.3) is 0 Å². The Labute approximate surface area is 107 Å². The zero-order valence-corrected chi connectivity index (χ0v) is 11.0. The van der Waals surface area contributed by atoms with E-state index in [1.54, 1.807) is 14.0 Å². The number of anilines is 1. The maximum absolute atomic E-state index is 11.6. The number of carbonyl (C=O) groups is 1. The van der Waals surface area contributed by atoms with Gasteiger partial charge in [0.25, 0.3) is 0 Å². The Balaban J connectivity index is 2.27. The van der Waals surface area contributed by atoms with Crippen molar-refractivity contribution < 1.29 is 14.6 Å². The SMILES string of the molecule is COc1ccc(N(C)C(C)(C(=O)O)C2CC2)cc1. The Kier molecular flexibility index (Phi) is 3.20. The summed E-state index contributed by atoms with van der Waals surface area (Å²) in [6, 6.07) is 7.48. The minimum atomic E-state index is -0.825. The molecule has 1 aromatic rings. The van der Waals surface area contributed by atoms with Crippen LogP contribution >= 0.6 is 0 Å². The molecule has 0 bridgehead atoms. The fourth-order valence-electron chi connectivity index (χ4n) is 2.31. The lowest BCUT2D eigenvalue weighted by molar-refractivity contribution is -0.143. The maximum Gasteiger partial charge on any atom is 0.329 e. The van der Waals surface area contributed by atoms with E-state index in [-0.39, 0.29) is 5.92 Å². The van der Waals surface area contributed by atoms with E-state index in [9.17, 15) is 9.90 Å². The van der Waals surface area contributed by atoms with Crippen molar-refractivity contribution in [2.45, 2.75) is 25.3 Å². The summed E-state index contributed by atoms with van der Waals surface area (Å²) in [7, 11) is 3.46. The molecule has 1 N–H and O–H groups in total. The van der Waals surface area contributed by atoms with Crippen LogP contribution in [0, 0.1) is 5.92 Å². The second-order valence-electron chi connectivity index (χ2n) is 4.98. The van der Waals surface area contributed by atoms with Gasteiger partial charge in [-0.25, -0.2) is 4.79 Å². The van der Waals surface area contributed by atoms with Gasteiger partial charge in [-0.05, 0) is 49.9 Å². The van der Waals surface area contributed by atoms with E-state index in [1.807, 2.05) is 36.2 Å². The number of likely N-dealkylation sites (N-methyl/N-ethyl adjacent to an activating group) is 1. The first-order valence-electron chi connectivity index (χ1n) is 6.11. The number of hydrogen-bond donors (Lipinski definition) is 1. The third-order valence-electron chi connectivity index (χ3n) is 3.96. The van der Waals surface area contributed by atoms with Crippen molar-refractivity contribution in [2.24, 2.45) is 5.92 Å². The molecule has 0 saturated heterocycles. The zero-order chi connectivity index (χ0) is 13.3. The molecule has 0 heterocycles. The summed E-state index contributed by atoms with van der Waals surface area (Å²) in [4.78, 5) is 13.4. The van der Waals surface area contributed by atoms with Gasteiger partial charge >= 0.3 is 5.97 Å². The Hall–Kier alpha value is -1.71. The van der Waals surface area contributed by atoms with Gasteiger partial charge in [0, 0.05) is 12.7 Å². The first-order valence-corrected chi connectivity index (χ1v) is 6.11. The van der Waals surface area contributed by atoms with Crippen molar-refractivity contribution in [2.75, 3.05) is 19.1 Å². The predicted molar refractivity (Wildman–Crippen MR) is 70.2 cm³/mol. The largest absolute Gasteiger partial charge is 0.497 e. The second-order valence-corrected chi connectivity index (χ2v) is 4.98. The van der Waals surface area contributed by atoms with Crippen LogP contribution < -0.4 is 9.64 Å². The van der Waals surface area contributed by atoms with Gasteiger partial charge in [0.15, 0.2) is 0 Å². The number of ether oxygens (including phenoxy) is 1. The fourth-order valence-corrected chi connectivity index (χ4v) is 2.31. The van der Waals surface area contributed by atoms with E-state index in [0.717, 1.165) is 24.3 Å². The van der Waals surface area contributed by atoms with Gasteiger partial charge in [0.2, 0.25) is 0 Å². The zero-order valence-electron chi connectivity index (χ0n) is 11.0. The van der Waals surface area contributed by atoms with Crippen molar-refractivity contribution in [3.05, 3.63) is 24.3 Å². The number of aliphatic carboxylic acids is 1. The molecular weight excluding hydrogens is 230 g/mol. The molecule has 1 aromatic carbocycles. The van der Waals surface area contributed by atoms with Crippen molar-refractivity contribution in [3.8, 4) is 5.75 Å². The number of carboxylic acids is 1. The average molecular weight is 249 g/mol. The Morgan fingerprint density at radius 2 is 1.94 bits per heavy atom. The number of benzene rings is 1. The molecule has 0 radical (unpaired) electrons. The summed E-state index contributed by atoms with van der Waals surface area (Å²) in [5, 5.41) is 9.51. The summed E-state index contributed by atoms with van der Waals surface area (Å²) in [5.41, 5.74) is 0.0711. The molecular formula is C14H19NO3. The van der Waals surface area contributed by atoms with Crippen LogP contribution in [-0.2, 0) is 4.79 Å². The summed E-state index contributed by atoms with van der Waals surface area (Å²) in [5.74, 6) is 0.251. The smallest absolute Gasteiger partial charge is 0.329 e. The summed E-state index contributed by atoms with van der Waals surface area (Å²) in [6.45, 7) is 1.80. The number of hydrogen-bond acceptors (Lipinski definition) is 3. The van der Waals surface area contributed by atoms with Crippen LogP contribution in [-0.4, -0.2) is 30.8 Å². The first kappa shape index (κ1) is 12.7. The molecule has 18 heavy (non-hydrogen) atoms. The van der Waals surface area contributed by atoms with Crippen molar-refractivity contribution in [1.82, 2.24) is 0 Å². The van der Waals surface area contributed by atoms with E-state index < -0.39 is 11.5 Å². The minimum absolute atomic E-state index is 0.238. The molecule has 1 atom stereocenters. The van der Waals surface area contributed by atoms with Crippen molar-refractivity contribution in [1.29, 1.82) is 0 Å². The summed E-state index contributed by atoms with van der Waals surface area (Å²) >= 11 is 0. The highest BCUT2D eigenvalue weighted by Crippen LogP contribution is 2.44. The van der Waals surface area contributed by atoms with Crippen LogP contribution in [0.1, 0.15) is 19.8 Å².